The lowest BCUT2D eigenvalue weighted by molar-refractivity contribution is -0.135. The van der Waals surface area contributed by atoms with E-state index in [4.69, 9.17) is 23.7 Å². The van der Waals surface area contributed by atoms with Crippen LogP contribution in [0.3, 0.4) is 0 Å². The molecule has 3 aromatic carbocycles. The summed E-state index contributed by atoms with van der Waals surface area (Å²) in [6.07, 6.45) is 4.49. The first-order valence-corrected chi connectivity index (χ1v) is 12.5. The van der Waals surface area contributed by atoms with Crippen LogP contribution >= 0.6 is 0 Å². The molecule has 0 N–H and O–H groups in total. The van der Waals surface area contributed by atoms with Crippen LogP contribution in [-0.4, -0.2) is 24.3 Å². The van der Waals surface area contributed by atoms with Gasteiger partial charge in [-0.2, -0.15) is 0 Å². The predicted octanol–water partition coefficient (Wildman–Crippen LogP) is 6.39. The summed E-state index contributed by atoms with van der Waals surface area (Å²) >= 11 is 0. The van der Waals surface area contributed by atoms with Gasteiger partial charge >= 0.3 is 11.9 Å². The number of rotatable bonds is 15. The van der Waals surface area contributed by atoms with Gasteiger partial charge in [0.2, 0.25) is 0 Å². The molecule has 0 bridgehead atoms. The highest BCUT2D eigenvalue weighted by Gasteiger charge is 2.14. The molecule has 206 valence electrons. The SMILES string of the molecule is C=COc1cc(CCC(=O)Oc2ccc(-c3ccc(OCC(=O)C=C)cc3OC(=O)CC)cc2)cc(OC=C)c1. The van der Waals surface area contributed by atoms with E-state index in [1.165, 1.54) is 18.6 Å². The molecule has 40 heavy (non-hydrogen) atoms. The van der Waals surface area contributed by atoms with Gasteiger partial charge in [-0.3, -0.25) is 14.4 Å². The molecule has 0 radical (unpaired) electrons. The van der Waals surface area contributed by atoms with Gasteiger partial charge in [0.1, 0.15) is 28.7 Å². The Morgan fingerprint density at radius 2 is 1.40 bits per heavy atom. The number of aryl methyl sites for hydroxylation is 1. The zero-order valence-electron chi connectivity index (χ0n) is 22.2. The van der Waals surface area contributed by atoms with Crippen molar-refractivity contribution in [1.29, 1.82) is 0 Å². The molecule has 0 unspecified atom stereocenters. The molecule has 3 rings (SSSR count). The minimum absolute atomic E-state index is 0.125. The fourth-order valence-corrected chi connectivity index (χ4v) is 3.56. The van der Waals surface area contributed by atoms with Crippen molar-refractivity contribution in [3.8, 4) is 39.9 Å². The number of ketones is 1. The molecular weight excluding hydrogens is 512 g/mol. The molecule has 0 saturated heterocycles. The molecule has 8 nitrogen and oxygen atoms in total. The Labute approximate surface area is 233 Å². The summed E-state index contributed by atoms with van der Waals surface area (Å²) in [5, 5.41) is 0. The van der Waals surface area contributed by atoms with Crippen LogP contribution in [0, 0.1) is 0 Å². The van der Waals surface area contributed by atoms with Gasteiger partial charge in [0.15, 0.2) is 12.4 Å². The van der Waals surface area contributed by atoms with E-state index in [1.807, 2.05) is 0 Å². The number of hydrogen-bond acceptors (Lipinski definition) is 8. The van der Waals surface area contributed by atoms with E-state index in [0.717, 1.165) is 11.1 Å². The van der Waals surface area contributed by atoms with Crippen LogP contribution in [0.5, 0.6) is 28.7 Å². The summed E-state index contributed by atoms with van der Waals surface area (Å²) in [5.74, 6) is 0.962. The summed E-state index contributed by atoms with van der Waals surface area (Å²) in [6, 6.07) is 17.0. The Morgan fingerprint density at radius 3 is 2.00 bits per heavy atom. The lowest BCUT2D eigenvalue weighted by atomic mass is 10.0. The molecule has 0 fully saturated rings. The van der Waals surface area contributed by atoms with Gasteiger partial charge in [0.25, 0.3) is 0 Å². The van der Waals surface area contributed by atoms with Crippen molar-refractivity contribution in [3.63, 3.8) is 0 Å². The monoisotopic (exact) mass is 542 g/mol. The van der Waals surface area contributed by atoms with Gasteiger partial charge in [-0.05, 0) is 60.0 Å². The summed E-state index contributed by atoms with van der Waals surface area (Å²) in [6.45, 7) is 12.0. The van der Waals surface area contributed by atoms with Crippen LogP contribution in [0.2, 0.25) is 0 Å². The van der Waals surface area contributed by atoms with Crippen LogP contribution in [0.4, 0.5) is 0 Å². The molecule has 0 aliphatic carbocycles. The third-order valence-corrected chi connectivity index (χ3v) is 5.47. The quantitative estimate of drug-likeness (QED) is 0.0944. The largest absolute Gasteiger partial charge is 0.485 e. The Morgan fingerprint density at radius 1 is 0.750 bits per heavy atom. The van der Waals surface area contributed by atoms with Crippen LogP contribution in [0.25, 0.3) is 11.1 Å². The zero-order chi connectivity index (χ0) is 28.9. The van der Waals surface area contributed by atoms with E-state index in [-0.39, 0.29) is 31.0 Å². The van der Waals surface area contributed by atoms with Crippen LogP contribution < -0.4 is 23.7 Å². The molecule has 0 heterocycles. The summed E-state index contributed by atoms with van der Waals surface area (Å²) in [5.41, 5.74) is 2.17. The highest BCUT2D eigenvalue weighted by atomic mass is 16.5. The molecule has 0 saturated carbocycles. The smallest absolute Gasteiger partial charge is 0.311 e. The van der Waals surface area contributed by atoms with E-state index >= 15 is 0 Å². The van der Waals surface area contributed by atoms with Gasteiger partial charge in [0.05, 0.1) is 12.5 Å². The Balaban J connectivity index is 1.69. The molecule has 0 aliphatic heterocycles. The number of ether oxygens (including phenoxy) is 5. The fraction of sp³-hybridized carbons (Fsp3) is 0.156. The van der Waals surface area contributed by atoms with E-state index in [1.54, 1.807) is 67.6 Å². The minimum Gasteiger partial charge on any atom is -0.485 e. The molecule has 3 aromatic rings. The van der Waals surface area contributed by atoms with Crippen molar-refractivity contribution < 1.29 is 38.1 Å². The second-order valence-electron chi connectivity index (χ2n) is 8.32. The van der Waals surface area contributed by atoms with E-state index in [2.05, 4.69) is 19.7 Å². The number of carbonyl (C=O) groups excluding carboxylic acids is 3. The lowest BCUT2D eigenvalue weighted by Crippen LogP contribution is -2.09. The number of benzene rings is 3. The first kappa shape index (κ1) is 29.4. The van der Waals surface area contributed by atoms with Crippen molar-refractivity contribution in [3.05, 3.63) is 105 Å². The third kappa shape index (κ3) is 8.73. The standard InChI is InChI=1S/C32H30O8/c1-5-24(33)21-38-26-14-15-29(30(20-26)40-31(34)6-2)23-10-12-25(13-11-23)39-32(35)16-9-22-17-27(36-7-3)19-28(18-22)37-8-4/h5,7-8,10-15,17-20H,1,3-4,6,9,16,21H2,2H3. The Bertz CT molecular complexity index is 1360. The molecule has 0 spiro atoms. The summed E-state index contributed by atoms with van der Waals surface area (Å²) < 4.78 is 27.1. The topological polar surface area (TPSA) is 97.4 Å². The highest BCUT2D eigenvalue weighted by molar-refractivity contribution is 5.90. The Hall–Kier alpha value is -5.11. The predicted molar refractivity (Wildman–Crippen MR) is 151 cm³/mol. The number of esters is 2. The first-order valence-electron chi connectivity index (χ1n) is 12.5. The van der Waals surface area contributed by atoms with Gasteiger partial charge in [-0.15, -0.1) is 0 Å². The van der Waals surface area contributed by atoms with Gasteiger partial charge in [-0.1, -0.05) is 38.8 Å². The van der Waals surface area contributed by atoms with Crippen molar-refractivity contribution in [2.24, 2.45) is 0 Å². The second-order valence-corrected chi connectivity index (χ2v) is 8.32. The molecule has 0 atom stereocenters. The fourth-order valence-electron chi connectivity index (χ4n) is 3.56. The van der Waals surface area contributed by atoms with Gasteiger partial charge in [0, 0.05) is 30.5 Å². The maximum absolute atomic E-state index is 12.5. The second kappa shape index (κ2) is 14.7. The highest BCUT2D eigenvalue weighted by Crippen LogP contribution is 2.35. The lowest BCUT2D eigenvalue weighted by Gasteiger charge is -2.13. The summed E-state index contributed by atoms with van der Waals surface area (Å²) in [4.78, 5) is 36.0. The molecule has 8 heteroatoms. The van der Waals surface area contributed by atoms with Crippen LogP contribution in [0.15, 0.2) is 99.0 Å². The van der Waals surface area contributed by atoms with Crippen LogP contribution in [-0.2, 0) is 20.8 Å². The average molecular weight is 543 g/mol. The number of hydrogen-bond donors (Lipinski definition) is 0. The number of carbonyl (C=O) groups is 3. The van der Waals surface area contributed by atoms with Crippen molar-refractivity contribution in [2.75, 3.05) is 6.61 Å². The molecule has 0 amide bonds. The van der Waals surface area contributed by atoms with Crippen molar-refractivity contribution in [1.82, 2.24) is 0 Å². The van der Waals surface area contributed by atoms with Gasteiger partial charge < -0.3 is 23.7 Å². The average Bonchev–Trinajstić information content (AvgIpc) is 2.95. The maximum Gasteiger partial charge on any atom is 0.311 e. The van der Waals surface area contributed by atoms with E-state index in [0.29, 0.717) is 35.0 Å². The normalized spacial score (nSPS) is 10.1. The van der Waals surface area contributed by atoms with Gasteiger partial charge in [-0.25, -0.2) is 0 Å². The van der Waals surface area contributed by atoms with Crippen molar-refractivity contribution >= 4 is 17.7 Å². The minimum atomic E-state index is -0.420. The molecular formula is C32H30O8. The third-order valence-electron chi connectivity index (χ3n) is 5.47. The van der Waals surface area contributed by atoms with Crippen LogP contribution in [0.1, 0.15) is 25.3 Å². The zero-order valence-corrected chi connectivity index (χ0v) is 22.2. The van der Waals surface area contributed by atoms with Crippen molar-refractivity contribution in [2.45, 2.75) is 26.2 Å². The van der Waals surface area contributed by atoms with E-state index < -0.39 is 11.9 Å². The van der Waals surface area contributed by atoms with E-state index in [9.17, 15) is 14.4 Å². The first-order chi connectivity index (χ1) is 19.3. The summed E-state index contributed by atoms with van der Waals surface area (Å²) in [7, 11) is 0. The Kier molecular flexibility index (Phi) is 10.8. The molecule has 0 aliphatic rings. The molecule has 0 aromatic heterocycles. The maximum atomic E-state index is 12.5.